The van der Waals surface area contributed by atoms with E-state index in [0.717, 1.165) is 0 Å². The highest BCUT2D eigenvalue weighted by atomic mass is 32.2. The van der Waals surface area contributed by atoms with Gasteiger partial charge < -0.3 is 5.11 Å². The molecule has 0 amide bonds. The molecule has 0 radical (unpaired) electrons. The Balaban J connectivity index is 2.38. The summed E-state index contributed by atoms with van der Waals surface area (Å²) >= 11 is 0.595. The average molecular weight is 262 g/mol. The summed E-state index contributed by atoms with van der Waals surface area (Å²) in [5.41, 5.74) is 0.672. The Labute approximate surface area is 99.8 Å². The lowest BCUT2D eigenvalue weighted by Gasteiger charge is -2.31. The molecule has 0 saturated heterocycles. The van der Waals surface area contributed by atoms with Gasteiger partial charge in [-0.3, -0.25) is 4.79 Å². The van der Waals surface area contributed by atoms with E-state index in [1.807, 2.05) is 0 Å². The van der Waals surface area contributed by atoms with Crippen LogP contribution in [0, 0.1) is 5.92 Å². The van der Waals surface area contributed by atoms with E-state index in [2.05, 4.69) is 0 Å². The molecule has 0 saturated carbocycles. The number of hydrogen-bond acceptors (Lipinski definition) is 2. The standard InChI is InChI=1S/C11H9F3O2S/c12-11(13,14)9-7(10(15)16)5-6-3-1-2-4-8(6)17-9/h1-4,7,9H,5H2,(H,15,16)/t7-,9-/m0/s1. The van der Waals surface area contributed by atoms with Gasteiger partial charge in [-0.05, 0) is 18.1 Å². The maximum atomic E-state index is 12.8. The number of benzene rings is 1. The minimum absolute atomic E-state index is 0.0668. The van der Waals surface area contributed by atoms with E-state index in [4.69, 9.17) is 5.11 Å². The molecule has 0 spiro atoms. The molecule has 0 aliphatic carbocycles. The number of carboxylic acids is 1. The maximum absolute atomic E-state index is 12.8. The largest absolute Gasteiger partial charge is 0.481 e. The lowest BCUT2D eigenvalue weighted by molar-refractivity contribution is -0.160. The zero-order valence-corrected chi connectivity index (χ0v) is 9.39. The second kappa shape index (κ2) is 4.25. The van der Waals surface area contributed by atoms with Crippen molar-refractivity contribution in [3.8, 4) is 0 Å². The highest BCUT2D eigenvalue weighted by Gasteiger charge is 2.50. The van der Waals surface area contributed by atoms with Gasteiger partial charge in [0, 0.05) is 4.90 Å². The molecular formula is C11H9F3O2S. The topological polar surface area (TPSA) is 37.3 Å². The third-order valence-corrected chi connectivity index (χ3v) is 4.17. The van der Waals surface area contributed by atoms with Crippen LogP contribution in [0.4, 0.5) is 13.2 Å². The molecule has 2 rings (SSSR count). The van der Waals surface area contributed by atoms with Crippen LogP contribution < -0.4 is 0 Å². The number of carboxylic acid groups (broad SMARTS) is 1. The molecule has 0 fully saturated rings. The molecule has 1 aliphatic rings. The van der Waals surface area contributed by atoms with E-state index < -0.39 is 23.3 Å². The highest BCUT2D eigenvalue weighted by molar-refractivity contribution is 8.00. The number of hydrogen-bond donors (Lipinski definition) is 1. The minimum Gasteiger partial charge on any atom is -0.481 e. The number of carbonyl (C=O) groups is 1. The number of rotatable bonds is 1. The average Bonchev–Trinajstić information content (AvgIpc) is 2.26. The first-order valence-electron chi connectivity index (χ1n) is 4.93. The number of aliphatic carboxylic acids is 1. The van der Waals surface area contributed by atoms with Gasteiger partial charge >= 0.3 is 12.1 Å². The SMILES string of the molecule is O=C(O)[C@H]1Cc2ccccc2S[C@@H]1C(F)(F)F. The maximum Gasteiger partial charge on any atom is 0.401 e. The fraction of sp³-hybridized carbons (Fsp3) is 0.364. The van der Waals surface area contributed by atoms with Gasteiger partial charge in [-0.2, -0.15) is 13.2 Å². The van der Waals surface area contributed by atoms with E-state index in [1.165, 1.54) is 0 Å². The van der Waals surface area contributed by atoms with Crippen LogP contribution in [-0.4, -0.2) is 22.5 Å². The Morgan fingerprint density at radius 2 is 2.00 bits per heavy atom. The van der Waals surface area contributed by atoms with Gasteiger partial charge in [-0.15, -0.1) is 11.8 Å². The predicted octanol–water partition coefficient (Wildman–Crippen LogP) is 2.97. The number of halogens is 3. The van der Waals surface area contributed by atoms with Crippen molar-refractivity contribution in [2.75, 3.05) is 0 Å². The van der Waals surface area contributed by atoms with Gasteiger partial charge in [-0.25, -0.2) is 0 Å². The van der Waals surface area contributed by atoms with Crippen molar-refractivity contribution in [2.45, 2.75) is 22.7 Å². The Morgan fingerprint density at radius 3 is 2.59 bits per heavy atom. The molecule has 1 N–H and O–H groups in total. The van der Waals surface area contributed by atoms with Crippen LogP contribution in [0.5, 0.6) is 0 Å². The Kier molecular flexibility index (Phi) is 3.07. The summed E-state index contributed by atoms with van der Waals surface area (Å²) < 4.78 is 38.3. The molecule has 1 aromatic rings. The predicted molar refractivity (Wildman–Crippen MR) is 57.0 cm³/mol. The number of alkyl halides is 3. The van der Waals surface area contributed by atoms with Gasteiger partial charge in [0.05, 0.1) is 5.92 Å². The quantitative estimate of drug-likeness (QED) is 0.845. The molecule has 2 atom stereocenters. The lowest BCUT2D eigenvalue weighted by Crippen LogP contribution is -2.40. The van der Waals surface area contributed by atoms with E-state index in [-0.39, 0.29) is 6.42 Å². The van der Waals surface area contributed by atoms with Crippen LogP contribution in [0.2, 0.25) is 0 Å². The van der Waals surface area contributed by atoms with E-state index >= 15 is 0 Å². The van der Waals surface area contributed by atoms with Crippen molar-refractivity contribution in [1.82, 2.24) is 0 Å². The van der Waals surface area contributed by atoms with Crippen molar-refractivity contribution >= 4 is 17.7 Å². The molecule has 17 heavy (non-hydrogen) atoms. The lowest BCUT2D eigenvalue weighted by atomic mass is 9.95. The monoisotopic (exact) mass is 262 g/mol. The molecule has 6 heteroatoms. The van der Waals surface area contributed by atoms with Crippen LogP contribution in [0.1, 0.15) is 5.56 Å². The normalized spacial score (nSPS) is 24.2. The molecule has 0 unspecified atom stereocenters. The van der Waals surface area contributed by atoms with Crippen molar-refractivity contribution in [1.29, 1.82) is 0 Å². The molecule has 1 aliphatic heterocycles. The van der Waals surface area contributed by atoms with Gasteiger partial charge in [0.15, 0.2) is 0 Å². The van der Waals surface area contributed by atoms with Crippen LogP contribution in [0.25, 0.3) is 0 Å². The summed E-state index contributed by atoms with van der Waals surface area (Å²) in [5.74, 6) is -2.80. The summed E-state index contributed by atoms with van der Waals surface area (Å²) in [6, 6.07) is 6.62. The Morgan fingerprint density at radius 1 is 1.35 bits per heavy atom. The van der Waals surface area contributed by atoms with Crippen molar-refractivity contribution in [3.05, 3.63) is 29.8 Å². The molecule has 2 nitrogen and oxygen atoms in total. The summed E-state index contributed by atoms with van der Waals surface area (Å²) in [6.07, 6.45) is -4.57. The third kappa shape index (κ3) is 2.41. The summed E-state index contributed by atoms with van der Waals surface area (Å²) in [4.78, 5) is 11.4. The molecule has 0 aromatic heterocycles. The van der Waals surface area contributed by atoms with Gasteiger partial charge in [-0.1, -0.05) is 18.2 Å². The van der Waals surface area contributed by atoms with Gasteiger partial charge in [0.1, 0.15) is 5.25 Å². The number of thioether (sulfide) groups is 1. The summed E-state index contributed by atoms with van der Waals surface area (Å²) in [7, 11) is 0. The molecule has 1 heterocycles. The van der Waals surface area contributed by atoms with Gasteiger partial charge in [0.2, 0.25) is 0 Å². The fourth-order valence-corrected chi connectivity index (χ4v) is 3.11. The smallest absolute Gasteiger partial charge is 0.401 e. The van der Waals surface area contributed by atoms with Crippen molar-refractivity contribution in [3.63, 3.8) is 0 Å². The first-order chi connectivity index (χ1) is 7.89. The zero-order valence-electron chi connectivity index (χ0n) is 8.57. The van der Waals surface area contributed by atoms with Gasteiger partial charge in [0.25, 0.3) is 0 Å². The zero-order chi connectivity index (χ0) is 12.6. The van der Waals surface area contributed by atoms with Crippen LogP contribution in [-0.2, 0) is 11.2 Å². The van der Waals surface area contributed by atoms with E-state index in [0.29, 0.717) is 22.2 Å². The molecular weight excluding hydrogens is 253 g/mol. The first kappa shape index (κ1) is 12.3. The van der Waals surface area contributed by atoms with E-state index in [1.54, 1.807) is 24.3 Å². The fourth-order valence-electron chi connectivity index (χ4n) is 1.86. The number of fused-ring (bicyclic) bond motifs is 1. The second-order valence-electron chi connectivity index (χ2n) is 3.84. The molecule has 0 bridgehead atoms. The van der Waals surface area contributed by atoms with Crippen LogP contribution in [0.3, 0.4) is 0 Å². The van der Waals surface area contributed by atoms with E-state index in [9.17, 15) is 18.0 Å². The third-order valence-electron chi connectivity index (χ3n) is 2.67. The van der Waals surface area contributed by atoms with Crippen molar-refractivity contribution in [2.24, 2.45) is 5.92 Å². The second-order valence-corrected chi connectivity index (χ2v) is 5.02. The molecule has 1 aromatic carbocycles. The first-order valence-corrected chi connectivity index (χ1v) is 5.81. The molecule has 92 valence electrons. The Bertz CT molecular complexity index is 445. The van der Waals surface area contributed by atoms with Crippen molar-refractivity contribution < 1.29 is 23.1 Å². The van der Waals surface area contributed by atoms with Crippen LogP contribution >= 0.6 is 11.8 Å². The highest BCUT2D eigenvalue weighted by Crippen LogP contribution is 2.45. The summed E-state index contributed by atoms with van der Waals surface area (Å²) in [5, 5.41) is 7.02. The van der Waals surface area contributed by atoms with Crippen LogP contribution in [0.15, 0.2) is 29.2 Å². The Hall–Kier alpha value is -1.17. The minimum atomic E-state index is -4.50. The summed E-state index contributed by atoms with van der Waals surface area (Å²) in [6.45, 7) is 0.